The molecule has 1 heterocycles. The van der Waals surface area contributed by atoms with Crippen LogP contribution in [0, 0.1) is 0 Å². The fourth-order valence-electron chi connectivity index (χ4n) is 3.11. The number of fused-ring (bicyclic) bond motifs is 1. The minimum Gasteiger partial charge on any atom is -0.482 e. The summed E-state index contributed by atoms with van der Waals surface area (Å²) in [6, 6.07) is 12.0. The van der Waals surface area contributed by atoms with Crippen LogP contribution in [0.25, 0.3) is 16.5 Å². The number of methoxy groups -OCH3 is 1. The number of ether oxygens (including phenoxy) is 1. The normalized spacial score (nSPS) is 11.9. The Kier molecular flexibility index (Phi) is 6.64. The van der Waals surface area contributed by atoms with Crippen LogP contribution in [-0.2, 0) is 11.3 Å². The molecule has 0 spiro atoms. The van der Waals surface area contributed by atoms with Crippen LogP contribution < -0.4 is 16.8 Å². The van der Waals surface area contributed by atoms with E-state index in [0.717, 1.165) is 11.1 Å². The Labute approximate surface area is 178 Å². The summed E-state index contributed by atoms with van der Waals surface area (Å²) >= 11 is 0. The molecule has 1 aromatic heterocycles. The highest BCUT2D eigenvalue weighted by Crippen LogP contribution is 2.20. The van der Waals surface area contributed by atoms with Crippen LogP contribution >= 0.6 is 0 Å². The molecule has 0 saturated carbocycles. The molecule has 3 aromatic rings. The highest BCUT2D eigenvalue weighted by atomic mass is 16.5. The zero-order valence-electron chi connectivity index (χ0n) is 16.9. The van der Waals surface area contributed by atoms with Gasteiger partial charge in [-0.2, -0.15) is 0 Å². The van der Waals surface area contributed by atoms with Crippen molar-refractivity contribution in [1.82, 2.24) is 15.0 Å². The van der Waals surface area contributed by atoms with Gasteiger partial charge in [0.05, 0.1) is 30.9 Å². The average Bonchev–Trinajstić information content (AvgIpc) is 2.80. The minimum absolute atomic E-state index is 0.160. The van der Waals surface area contributed by atoms with Gasteiger partial charge < -0.3 is 10.5 Å². The Morgan fingerprint density at radius 3 is 2.81 bits per heavy atom. The maximum absolute atomic E-state index is 13.0. The molecule has 1 amide bonds. The summed E-state index contributed by atoms with van der Waals surface area (Å²) in [5.74, 6) is -0.443. The summed E-state index contributed by atoms with van der Waals surface area (Å²) in [4.78, 5) is 28.9. The number of carbonyl (C=O) groups is 1. The summed E-state index contributed by atoms with van der Waals surface area (Å²) < 4.78 is 6.63. The number of allylic oxidation sites excluding steroid dienone is 4. The summed E-state index contributed by atoms with van der Waals surface area (Å²) in [5.41, 5.74) is 10.2. The number of amides is 1. The molecule has 0 aliphatic heterocycles. The molecule has 8 heteroatoms. The molecule has 0 aliphatic carbocycles. The molecular weight excluding hydrogens is 396 g/mol. The number of benzene rings is 2. The van der Waals surface area contributed by atoms with Crippen molar-refractivity contribution in [3.8, 4) is 0 Å². The first-order valence-electron chi connectivity index (χ1n) is 9.34. The lowest BCUT2D eigenvalue weighted by molar-refractivity contribution is 0.0706. The fraction of sp³-hybridized carbons (Fsp3) is 0.0870. The molecule has 0 unspecified atom stereocenters. The van der Waals surface area contributed by atoms with Gasteiger partial charge in [0.2, 0.25) is 0 Å². The van der Waals surface area contributed by atoms with E-state index in [1.54, 1.807) is 29.8 Å². The molecule has 0 bridgehead atoms. The van der Waals surface area contributed by atoms with E-state index in [1.165, 1.54) is 30.1 Å². The summed E-state index contributed by atoms with van der Waals surface area (Å²) in [6.45, 7) is 3.93. The maximum Gasteiger partial charge on any atom is 0.274 e. The van der Waals surface area contributed by atoms with Gasteiger partial charge in [0, 0.05) is 11.1 Å². The first-order chi connectivity index (χ1) is 15.0. The van der Waals surface area contributed by atoms with Crippen LogP contribution in [0.2, 0.25) is 0 Å². The summed E-state index contributed by atoms with van der Waals surface area (Å²) in [6.07, 6.45) is 6.65. The second kappa shape index (κ2) is 9.55. The van der Waals surface area contributed by atoms with Crippen LogP contribution in [0.3, 0.4) is 0 Å². The van der Waals surface area contributed by atoms with Crippen LogP contribution in [0.15, 0.2) is 84.3 Å². The van der Waals surface area contributed by atoms with Crippen molar-refractivity contribution >= 4 is 22.4 Å². The van der Waals surface area contributed by atoms with Gasteiger partial charge in [0.1, 0.15) is 0 Å². The minimum atomic E-state index is -0.702. The number of nitrogens with two attached hydrogens (primary N) is 1. The van der Waals surface area contributed by atoms with Crippen molar-refractivity contribution in [1.29, 1.82) is 0 Å². The van der Waals surface area contributed by atoms with Gasteiger partial charge in [-0.1, -0.05) is 36.9 Å². The van der Waals surface area contributed by atoms with Gasteiger partial charge in [0.15, 0.2) is 5.88 Å². The van der Waals surface area contributed by atoms with Gasteiger partial charge in [0.25, 0.3) is 11.5 Å². The maximum atomic E-state index is 13.0. The molecule has 2 aromatic carbocycles. The topological polar surface area (TPSA) is 119 Å². The van der Waals surface area contributed by atoms with Crippen LogP contribution in [-0.4, -0.2) is 27.8 Å². The third-order valence-electron chi connectivity index (χ3n) is 4.66. The third kappa shape index (κ3) is 4.71. The predicted octanol–water partition coefficient (Wildman–Crippen LogP) is 2.58. The van der Waals surface area contributed by atoms with Gasteiger partial charge in [-0.05, 0) is 41.5 Å². The number of nitrogens with one attached hydrogen (secondary N) is 1. The van der Waals surface area contributed by atoms with E-state index in [2.05, 4.69) is 11.6 Å². The van der Waals surface area contributed by atoms with Crippen molar-refractivity contribution in [2.24, 2.45) is 5.73 Å². The average molecular weight is 418 g/mol. The Morgan fingerprint density at radius 2 is 2.10 bits per heavy atom. The number of hydrogen-bond donors (Lipinski definition) is 3. The number of carbonyl (C=O) groups excluding carboxylic acids is 1. The Balaban J connectivity index is 2.01. The third-order valence-corrected chi connectivity index (χ3v) is 4.66. The molecule has 0 aliphatic rings. The lowest BCUT2D eigenvalue weighted by atomic mass is 10.0. The van der Waals surface area contributed by atoms with E-state index in [9.17, 15) is 9.59 Å². The quantitative estimate of drug-likeness (QED) is 0.235. The van der Waals surface area contributed by atoms with E-state index < -0.39 is 5.91 Å². The van der Waals surface area contributed by atoms with Gasteiger partial charge in [-0.25, -0.2) is 10.5 Å². The highest BCUT2D eigenvalue weighted by Gasteiger charge is 2.11. The SMILES string of the molecule is C=C/C=C\C(=C(/N)OC)c1cccc(Cn2cnc3ccc(C(=O)NO)cc3c2=O)c1. The number of hydroxylamine groups is 1. The first-order valence-corrected chi connectivity index (χ1v) is 9.34. The molecule has 8 nitrogen and oxygen atoms in total. The molecule has 0 radical (unpaired) electrons. The number of hydrogen-bond acceptors (Lipinski definition) is 6. The number of rotatable bonds is 7. The van der Waals surface area contributed by atoms with Crippen LogP contribution in [0.4, 0.5) is 0 Å². The smallest absolute Gasteiger partial charge is 0.274 e. The van der Waals surface area contributed by atoms with E-state index >= 15 is 0 Å². The second-order valence-electron chi connectivity index (χ2n) is 6.63. The molecule has 3 rings (SSSR count). The van der Waals surface area contributed by atoms with Crippen molar-refractivity contribution in [2.75, 3.05) is 7.11 Å². The Morgan fingerprint density at radius 1 is 1.29 bits per heavy atom. The van der Waals surface area contributed by atoms with Crippen LogP contribution in [0.5, 0.6) is 0 Å². The standard InChI is InChI=1S/C23H22N4O4/c1-3-4-8-18(21(24)31-2)16-7-5-6-15(11-16)13-27-14-25-20-10-9-17(22(28)26-30)12-19(20)23(27)29/h3-12,14,30H,1,13,24H2,2H3,(H,26,28)/b8-4-,21-18-. The monoisotopic (exact) mass is 418 g/mol. The molecular formula is C23H22N4O4. The second-order valence-corrected chi connectivity index (χ2v) is 6.63. The first kappa shape index (κ1) is 21.5. The van der Waals surface area contributed by atoms with Gasteiger partial charge in [-0.3, -0.25) is 19.4 Å². The molecule has 4 N–H and O–H groups in total. The molecule has 0 saturated heterocycles. The predicted molar refractivity (Wildman–Crippen MR) is 118 cm³/mol. The molecule has 0 fully saturated rings. The fourth-order valence-corrected chi connectivity index (χ4v) is 3.11. The zero-order valence-corrected chi connectivity index (χ0v) is 16.9. The molecule has 0 atom stereocenters. The van der Waals surface area contributed by atoms with Crippen LogP contribution in [0.1, 0.15) is 21.5 Å². The number of nitrogens with zero attached hydrogens (tertiary/aromatic N) is 2. The van der Waals surface area contributed by atoms with Gasteiger partial charge in [-0.15, -0.1) is 0 Å². The Bertz CT molecular complexity index is 1260. The van der Waals surface area contributed by atoms with E-state index in [1.807, 2.05) is 24.3 Å². The van der Waals surface area contributed by atoms with Gasteiger partial charge >= 0.3 is 0 Å². The van der Waals surface area contributed by atoms with E-state index in [-0.39, 0.29) is 28.9 Å². The number of aromatic nitrogens is 2. The lowest BCUT2D eigenvalue weighted by Gasteiger charge is -2.11. The van der Waals surface area contributed by atoms with Crippen molar-refractivity contribution in [3.05, 3.63) is 107 Å². The molecule has 31 heavy (non-hydrogen) atoms. The summed E-state index contributed by atoms with van der Waals surface area (Å²) in [7, 11) is 1.49. The largest absolute Gasteiger partial charge is 0.482 e. The van der Waals surface area contributed by atoms with Crippen molar-refractivity contribution < 1.29 is 14.7 Å². The summed E-state index contributed by atoms with van der Waals surface area (Å²) in [5, 5.41) is 9.11. The molecule has 158 valence electrons. The van der Waals surface area contributed by atoms with Crippen molar-refractivity contribution in [3.63, 3.8) is 0 Å². The van der Waals surface area contributed by atoms with Crippen molar-refractivity contribution in [2.45, 2.75) is 6.54 Å². The highest BCUT2D eigenvalue weighted by molar-refractivity contribution is 5.97. The zero-order chi connectivity index (χ0) is 22.4. The lowest BCUT2D eigenvalue weighted by Crippen LogP contribution is -2.23. The van der Waals surface area contributed by atoms with E-state index in [4.69, 9.17) is 15.7 Å². The van der Waals surface area contributed by atoms with E-state index in [0.29, 0.717) is 11.1 Å². The Hall–Kier alpha value is -4.17.